The van der Waals surface area contributed by atoms with E-state index in [0.717, 1.165) is 38.5 Å². The maximum Gasteiger partial charge on any atom is 0.303 e. The van der Waals surface area contributed by atoms with Crippen LogP contribution < -0.4 is 5.73 Å². The van der Waals surface area contributed by atoms with Crippen LogP contribution in [0.1, 0.15) is 142 Å². The molecule has 0 aliphatic rings. The molecule has 5 nitrogen and oxygen atoms in total. The first kappa shape index (κ1) is 34.2. The number of hydrogen-bond donors (Lipinski definition) is 3. The van der Waals surface area contributed by atoms with Crippen molar-refractivity contribution in [1.82, 2.24) is 0 Å². The second-order valence-electron chi connectivity index (χ2n) is 8.84. The van der Waals surface area contributed by atoms with Gasteiger partial charge in [0, 0.05) is 25.7 Å². The Bertz CT molecular complexity index is 580. The Balaban J connectivity index is 0. The first-order chi connectivity index (χ1) is 16.5. The van der Waals surface area contributed by atoms with Crippen LogP contribution in [0.2, 0.25) is 0 Å². The van der Waals surface area contributed by atoms with Crippen LogP contribution in [-0.4, -0.2) is 28.7 Å². The molecule has 5 heteroatoms. The highest BCUT2D eigenvalue weighted by Crippen LogP contribution is 2.11. The highest BCUT2D eigenvalue weighted by atomic mass is 16.4. The van der Waals surface area contributed by atoms with Crippen LogP contribution in [0.4, 0.5) is 0 Å². The van der Waals surface area contributed by atoms with E-state index in [9.17, 15) is 9.59 Å². The smallest absolute Gasteiger partial charge is 0.303 e. The molecule has 0 aromatic rings. The van der Waals surface area contributed by atoms with E-state index in [4.69, 9.17) is 15.9 Å². The van der Waals surface area contributed by atoms with Crippen LogP contribution in [0.3, 0.4) is 0 Å². The number of aliphatic carboxylic acids is 2. The lowest BCUT2D eigenvalue weighted by atomic mass is 10.1. The van der Waals surface area contributed by atoms with Gasteiger partial charge in [-0.05, 0) is 44.1 Å². The van der Waals surface area contributed by atoms with Gasteiger partial charge in [0.15, 0.2) is 0 Å². The zero-order valence-corrected chi connectivity index (χ0v) is 21.8. The molecule has 0 aromatic heterocycles. The van der Waals surface area contributed by atoms with Crippen molar-refractivity contribution >= 4 is 11.9 Å². The summed E-state index contributed by atoms with van der Waals surface area (Å²) in [6.45, 7) is 2.73. The fourth-order valence-electron chi connectivity index (χ4n) is 3.36. The molecule has 34 heavy (non-hydrogen) atoms. The molecule has 0 aromatic carbocycles. The number of carboxylic acid groups (broad SMARTS) is 2. The Hall–Kier alpha value is -1.98. The summed E-state index contributed by atoms with van der Waals surface area (Å²) in [5.74, 6) is 10.8. The van der Waals surface area contributed by atoms with Gasteiger partial charge in [0.05, 0.1) is 0 Å². The van der Waals surface area contributed by atoms with Crippen LogP contribution in [0.15, 0.2) is 0 Å². The molecule has 0 unspecified atom stereocenters. The summed E-state index contributed by atoms with van der Waals surface area (Å²) < 4.78 is 0. The molecular formula is C29H51NO4. The molecule has 0 radical (unpaired) electrons. The minimum absolute atomic E-state index is 0.191. The molecule has 196 valence electrons. The van der Waals surface area contributed by atoms with Crippen molar-refractivity contribution < 1.29 is 19.8 Å². The number of carboxylic acids is 2. The molecule has 0 heterocycles. The van der Waals surface area contributed by atoms with E-state index in [1.807, 2.05) is 0 Å². The van der Waals surface area contributed by atoms with Crippen LogP contribution in [-0.2, 0) is 9.59 Å². The molecule has 0 rings (SSSR count). The Morgan fingerprint density at radius 1 is 0.559 bits per heavy atom. The van der Waals surface area contributed by atoms with E-state index >= 15 is 0 Å². The molecule has 0 bridgehead atoms. The minimum atomic E-state index is -0.773. The van der Waals surface area contributed by atoms with Crippen LogP contribution in [0, 0.1) is 23.7 Å². The molecule has 0 aliphatic carbocycles. The molecule has 0 saturated carbocycles. The maximum atomic E-state index is 10.4. The molecule has 0 amide bonds. The second kappa shape index (κ2) is 31.0. The van der Waals surface area contributed by atoms with E-state index in [0.29, 0.717) is 19.4 Å². The van der Waals surface area contributed by atoms with Gasteiger partial charge in [0.25, 0.3) is 0 Å². The summed E-state index contributed by atoms with van der Waals surface area (Å²) in [5.41, 5.74) is 5.01. The number of rotatable bonds is 21. The van der Waals surface area contributed by atoms with Gasteiger partial charge in [0.1, 0.15) is 0 Å². The summed E-state index contributed by atoms with van der Waals surface area (Å²) in [5, 5.41) is 16.5. The maximum absolute atomic E-state index is 10.4. The third kappa shape index (κ3) is 37.3. The van der Waals surface area contributed by atoms with Crippen molar-refractivity contribution in [3.05, 3.63) is 0 Å². The summed E-state index contributed by atoms with van der Waals surface area (Å²) >= 11 is 0. The van der Waals surface area contributed by atoms with Gasteiger partial charge in [-0.25, -0.2) is 0 Å². The third-order valence-corrected chi connectivity index (χ3v) is 5.43. The molecule has 0 spiro atoms. The molecule has 0 saturated heterocycles. The lowest BCUT2D eigenvalue weighted by Crippen LogP contribution is -2.02. The van der Waals surface area contributed by atoms with Gasteiger partial charge >= 0.3 is 11.9 Å². The average molecular weight is 478 g/mol. The highest BCUT2D eigenvalue weighted by Gasteiger charge is 1.96. The Labute approximate surface area is 209 Å². The standard InChI is InChI=1S/C25H42O2.C4H9NO2/c1-2-3-4-5-6-7-8-9-10-11-12-13-14-15-16-17-18-19-20-21-22-23-24-25(26)27;5-3-1-2-4(6)7/h2-12,17-24H2,1H3,(H,26,27);1-3,5H2,(H,6,7). The lowest BCUT2D eigenvalue weighted by molar-refractivity contribution is -0.138. The van der Waals surface area contributed by atoms with E-state index in [1.54, 1.807) is 0 Å². The summed E-state index contributed by atoms with van der Waals surface area (Å²) in [6, 6.07) is 0. The van der Waals surface area contributed by atoms with Gasteiger partial charge in [-0.1, -0.05) is 102 Å². The summed E-state index contributed by atoms with van der Waals surface area (Å²) in [6.07, 6.45) is 23.2. The SMILES string of the molecule is CCCCCCCCCCCCC#CC#CCCCCCCCCC(=O)O.NCCCC(=O)O. The highest BCUT2D eigenvalue weighted by molar-refractivity contribution is 5.66. The summed E-state index contributed by atoms with van der Waals surface area (Å²) in [4.78, 5) is 20.1. The van der Waals surface area contributed by atoms with Crippen molar-refractivity contribution in [2.45, 2.75) is 142 Å². The van der Waals surface area contributed by atoms with Crippen LogP contribution >= 0.6 is 0 Å². The zero-order chi connectivity index (χ0) is 25.5. The Morgan fingerprint density at radius 3 is 1.26 bits per heavy atom. The molecular weight excluding hydrogens is 426 g/mol. The Kier molecular flexibility index (Phi) is 31.2. The molecule has 0 fully saturated rings. The van der Waals surface area contributed by atoms with E-state index in [2.05, 4.69) is 30.6 Å². The van der Waals surface area contributed by atoms with Crippen molar-refractivity contribution in [2.24, 2.45) is 5.73 Å². The average Bonchev–Trinajstić information content (AvgIpc) is 2.81. The van der Waals surface area contributed by atoms with Gasteiger partial charge in [-0.2, -0.15) is 0 Å². The van der Waals surface area contributed by atoms with E-state index in [-0.39, 0.29) is 6.42 Å². The number of nitrogens with two attached hydrogens (primary N) is 1. The quantitative estimate of drug-likeness (QED) is 0.119. The first-order valence-electron chi connectivity index (χ1n) is 13.6. The number of carbonyl (C=O) groups is 2. The van der Waals surface area contributed by atoms with Gasteiger partial charge in [-0.15, -0.1) is 0 Å². The monoisotopic (exact) mass is 477 g/mol. The van der Waals surface area contributed by atoms with Crippen molar-refractivity contribution in [3.8, 4) is 23.7 Å². The van der Waals surface area contributed by atoms with Crippen LogP contribution in [0.25, 0.3) is 0 Å². The van der Waals surface area contributed by atoms with Gasteiger partial charge in [-0.3, -0.25) is 9.59 Å². The molecule has 0 atom stereocenters. The van der Waals surface area contributed by atoms with Gasteiger partial charge < -0.3 is 15.9 Å². The molecule has 4 N–H and O–H groups in total. The second-order valence-corrected chi connectivity index (χ2v) is 8.84. The predicted molar refractivity (Wildman–Crippen MR) is 143 cm³/mol. The first-order valence-corrected chi connectivity index (χ1v) is 13.6. The number of unbranched alkanes of at least 4 members (excludes halogenated alkanes) is 16. The lowest BCUT2D eigenvalue weighted by Gasteiger charge is -2.00. The third-order valence-electron chi connectivity index (χ3n) is 5.43. The summed E-state index contributed by atoms with van der Waals surface area (Å²) in [7, 11) is 0. The fourth-order valence-corrected chi connectivity index (χ4v) is 3.36. The Morgan fingerprint density at radius 2 is 0.912 bits per heavy atom. The van der Waals surface area contributed by atoms with Gasteiger partial charge in [0.2, 0.25) is 0 Å². The van der Waals surface area contributed by atoms with Crippen LogP contribution in [0.5, 0.6) is 0 Å². The minimum Gasteiger partial charge on any atom is -0.481 e. The predicted octanol–water partition coefficient (Wildman–Crippen LogP) is 7.32. The normalized spacial score (nSPS) is 9.71. The van der Waals surface area contributed by atoms with E-state index < -0.39 is 11.9 Å². The molecule has 0 aliphatic heterocycles. The topological polar surface area (TPSA) is 101 Å². The van der Waals surface area contributed by atoms with E-state index in [1.165, 1.54) is 77.0 Å². The fraction of sp³-hybridized carbons (Fsp3) is 0.793. The largest absolute Gasteiger partial charge is 0.481 e. The van der Waals surface area contributed by atoms with Crippen molar-refractivity contribution in [2.75, 3.05) is 6.54 Å². The number of hydrogen-bond acceptors (Lipinski definition) is 3. The van der Waals surface area contributed by atoms with Crippen molar-refractivity contribution in [1.29, 1.82) is 0 Å². The van der Waals surface area contributed by atoms with Crippen molar-refractivity contribution in [3.63, 3.8) is 0 Å². The zero-order valence-electron chi connectivity index (χ0n) is 21.8.